The SMILES string of the molecule is CN(C(=O)c1cc2c(s1)-c1cc(C(=O)N3CCC(N(C)C)CC3)ccc1OCC2)c1ccc(Cl)cc1Cl. The normalized spacial score (nSPS) is 15.6. The maximum atomic E-state index is 13.4. The van der Waals surface area contributed by atoms with Gasteiger partial charge in [-0.2, -0.15) is 0 Å². The molecule has 0 aliphatic carbocycles. The summed E-state index contributed by atoms with van der Waals surface area (Å²) in [6.07, 6.45) is 2.62. The minimum Gasteiger partial charge on any atom is -0.493 e. The summed E-state index contributed by atoms with van der Waals surface area (Å²) < 4.78 is 6.00. The van der Waals surface area contributed by atoms with Gasteiger partial charge in [-0.05, 0) is 75.0 Å². The van der Waals surface area contributed by atoms with Crippen LogP contribution in [0.1, 0.15) is 38.4 Å². The molecule has 1 aromatic heterocycles. The van der Waals surface area contributed by atoms with Crippen LogP contribution in [0.5, 0.6) is 5.75 Å². The van der Waals surface area contributed by atoms with Crippen molar-refractivity contribution in [3.63, 3.8) is 0 Å². The molecule has 0 radical (unpaired) electrons. The van der Waals surface area contributed by atoms with Gasteiger partial charge >= 0.3 is 0 Å². The van der Waals surface area contributed by atoms with Crippen molar-refractivity contribution in [1.82, 2.24) is 9.80 Å². The van der Waals surface area contributed by atoms with Gasteiger partial charge in [0, 0.05) is 53.6 Å². The van der Waals surface area contributed by atoms with E-state index < -0.39 is 0 Å². The predicted octanol–water partition coefficient (Wildman–Crippen LogP) is 6.10. The number of carbonyl (C=O) groups is 2. The van der Waals surface area contributed by atoms with Crippen molar-refractivity contribution in [2.45, 2.75) is 25.3 Å². The maximum absolute atomic E-state index is 13.4. The summed E-state index contributed by atoms with van der Waals surface area (Å²) in [5.41, 5.74) is 3.14. The van der Waals surface area contributed by atoms with E-state index in [2.05, 4.69) is 19.0 Å². The molecule has 3 aromatic rings. The molecule has 0 atom stereocenters. The zero-order valence-corrected chi connectivity index (χ0v) is 23.4. The van der Waals surface area contributed by atoms with E-state index in [1.165, 1.54) is 11.3 Å². The van der Waals surface area contributed by atoms with Gasteiger partial charge in [0.15, 0.2) is 0 Å². The number of thiophene rings is 1. The number of likely N-dealkylation sites (tertiary alicyclic amines) is 1. The first-order valence-electron chi connectivity index (χ1n) is 12.3. The Morgan fingerprint density at radius 1 is 1.03 bits per heavy atom. The Morgan fingerprint density at radius 2 is 1.78 bits per heavy atom. The van der Waals surface area contributed by atoms with Crippen LogP contribution in [0.4, 0.5) is 5.69 Å². The Kier molecular flexibility index (Phi) is 7.50. The highest BCUT2D eigenvalue weighted by Gasteiger charge is 2.28. The second-order valence-electron chi connectivity index (χ2n) is 9.72. The standard InChI is InChI=1S/C28H29Cl2N3O3S/c1-31(2)20-8-11-33(12-9-20)27(34)18-4-7-24-21(14-18)26-17(10-13-36-24)15-25(37-26)28(35)32(3)23-6-5-19(29)16-22(23)30/h4-7,14-16,20H,8-13H2,1-3H3. The van der Waals surface area contributed by atoms with Gasteiger partial charge in [0.05, 0.1) is 22.2 Å². The van der Waals surface area contributed by atoms with Crippen molar-refractivity contribution in [2.75, 3.05) is 45.7 Å². The summed E-state index contributed by atoms with van der Waals surface area (Å²) >= 11 is 13.8. The van der Waals surface area contributed by atoms with Crippen LogP contribution < -0.4 is 9.64 Å². The number of ether oxygens (including phenoxy) is 1. The van der Waals surface area contributed by atoms with E-state index in [0.717, 1.165) is 47.7 Å². The van der Waals surface area contributed by atoms with Crippen LogP contribution in [0.25, 0.3) is 10.4 Å². The molecule has 0 bridgehead atoms. The molecule has 2 aromatic carbocycles. The number of carbonyl (C=O) groups excluding carboxylic acids is 2. The molecule has 3 heterocycles. The lowest BCUT2D eigenvalue weighted by Crippen LogP contribution is -2.44. The second kappa shape index (κ2) is 10.7. The number of piperidine rings is 1. The maximum Gasteiger partial charge on any atom is 0.268 e. The van der Waals surface area contributed by atoms with Crippen molar-refractivity contribution in [2.24, 2.45) is 0 Å². The van der Waals surface area contributed by atoms with Gasteiger partial charge in [-0.1, -0.05) is 23.2 Å². The van der Waals surface area contributed by atoms with Gasteiger partial charge in [-0.25, -0.2) is 0 Å². The second-order valence-corrected chi connectivity index (χ2v) is 11.6. The van der Waals surface area contributed by atoms with Crippen LogP contribution >= 0.6 is 34.5 Å². The van der Waals surface area contributed by atoms with Crippen molar-refractivity contribution in [3.05, 3.63) is 68.5 Å². The van der Waals surface area contributed by atoms with Gasteiger partial charge < -0.3 is 19.4 Å². The molecule has 194 valence electrons. The first kappa shape index (κ1) is 26.0. The fourth-order valence-corrected chi connectivity index (χ4v) is 6.72. The number of anilines is 1. The minimum absolute atomic E-state index is 0.0378. The molecule has 1 fully saturated rings. The van der Waals surface area contributed by atoms with Gasteiger partial charge in [-0.15, -0.1) is 11.3 Å². The van der Waals surface area contributed by atoms with Gasteiger partial charge in [0.1, 0.15) is 5.75 Å². The summed E-state index contributed by atoms with van der Waals surface area (Å²) in [6, 6.07) is 13.2. The largest absolute Gasteiger partial charge is 0.493 e. The predicted molar refractivity (Wildman–Crippen MR) is 151 cm³/mol. The lowest BCUT2D eigenvalue weighted by molar-refractivity contribution is 0.0663. The lowest BCUT2D eigenvalue weighted by atomic mass is 10.0. The average molecular weight is 559 g/mol. The Bertz CT molecular complexity index is 1350. The van der Waals surface area contributed by atoms with E-state index in [0.29, 0.717) is 45.2 Å². The van der Waals surface area contributed by atoms with E-state index in [1.807, 2.05) is 29.2 Å². The zero-order valence-electron chi connectivity index (χ0n) is 21.1. The fourth-order valence-electron chi connectivity index (χ4n) is 4.98. The number of amides is 2. The number of hydrogen-bond acceptors (Lipinski definition) is 5. The van der Waals surface area contributed by atoms with E-state index in [-0.39, 0.29) is 11.8 Å². The third-order valence-corrected chi connectivity index (χ3v) is 8.91. The third kappa shape index (κ3) is 5.23. The number of fused-ring (bicyclic) bond motifs is 3. The first-order valence-corrected chi connectivity index (χ1v) is 13.9. The molecule has 6 nitrogen and oxygen atoms in total. The van der Waals surface area contributed by atoms with Crippen LogP contribution in [0, 0.1) is 0 Å². The highest BCUT2D eigenvalue weighted by Crippen LogP contribution is 2.42. The number of rotatable bonds is 4. The topological polar surface area (TPSA) is 53.1 Å². The third-order valence-electron chi connectivity index (χ3n) is 7.18. The number of hydrogen-bond donors (Lipinski definition) is 0. The molecule has 9 heteroatoms. The van der Waals surface area contributed by atoms with Gasteiger partial charge in [0.25, 0.3) is 11.8 Å². The van der Waals surface area contributed by atoms with Gasteiger partial charge in [0.2, 0.25) is 0 Å². The molecule has 1 saturated heterocycles. The van der Waals surface area contributed by atoms with Crippen LogP contribution in [-0.4, -0.2) is 68.5 Å². The van der Waals surface area contributed by atoms with E-state index in [9.17, 15) is 9.59 Å². The highest BCUT2D eigenvalue weighted by atomic mass is 35.5. The number of benzene rings is 2. The molecular weight excluding hydrogens is 529 g/mol. The molecule has 0 saturated carbocycles. The molecular formula is C28H29Cl2N3O3S. The molecule has 5 rings (SSSR count). The molecule has 2 amide bonds. The number of nitrogens with zero attached hydrogens (tertiary/aromatic N) is 3. The lowest BCUT2D eigenvalue weighted by Gasteiger charge is -2.35. The molecule has 0 spiro atoms. The van der Waals surface area contributed by atoms with Gasteiger partial charge in [-0.3, -0.25) is 9.59 Å². The summed E-state index contributed by atoms with van der Waals surface area (Å²) in [6.45, 7) is 2.00. The fraction of sp³-hybridized carbons (Fsp3) is 0.357. The Morgan fingerprint density at radius 3 is 2.49 bits per heavy atom. The monoisotopic (exact) mass is 557 g/mol. The van der Waals surface area contributed by atoms with Crippen molar-refractivity contribution < 1.29 is 14.3 Å². The van der Waals surface area contributed by atoms with Crippen LogP contribution in [0.3, 0.4) is 0 Å². The Hall–Kier alpha value is -2.58. The van der Waals surface area contributed by atoms with Crippen molar-refractivity contribution in [1.29, 1.82) is 0 Å². The quantitative estimate of drug-likeness (QED) is 0.389. The molecule has 0 unspecified atom stereocenters. The molecule has 0 N–H and O–H groups in total. The van der Waals surface area contributed by atoms with Crippen LogP contribution in [-0.2, 0) is 6.42 Å². The summed E-state index contributed by atoms with van der Waals surface area (Å²) in [5.74, 6) is 0.619. The summed E-state index contributed by atoms with van der Waals surface area (Å²) in [4.78, 5) is 34.1. The van der Waals surface area contributed by atoms with E-state index in [4.69, 9.17) is 27.9 Å². The Balaban J connectivity index is 1.42. The molecule has 2 aliphatic heterocycles. The first-order chi connectivity index (χ1) is 17.7. The van der Waals surface area contributed by atoms with E-state index >= 15 is 0 Å². The van der Waals surface area contributed by atoms with Crippen LogP contribution in [0.2, 0.25) is 10.0 Å². The molecule has 2 aliphatic rings. The van der Waals surface area contributed by atoms with E-state index in [1.54, 1.807) is 30.1 Å². The molecule has 37 heavy (non-hydrogen) atoms. The summed E-state index contributed by atoms with van der Waals surface area (Å²) in [5, 5.41) is 0.930. The smallest absolute Gasteiger partial charge is 0.268 e. The Labute approximate surface area is 231 Å². The number of halogens is 2. The highest BCUT2D eigenvalue weighted by molar-refractivity contribution is 7.17. The minimum atomic E-state index is -0.152. The van der Waals surface area contributed by atoms with Crippen LogP contribution in [0.15, 0.2) is 42.5 Å². The zero-order chi connectivity index (χ0) is 26.3. The summed E-state index contributed by atoms with van der Waals surface area (Å²) in [7, 11) is 5.89. The van der Waals surface area contributed by atoms with Crippen molar-refractivity contribution in [3.8, 4) is 16.2 Å². The average Bonchev–Trinajstić information content (AvgIpc) is 3.24. The van der Waals surface area contributed by atoms with Crippen molar-refractivity contribution >= 4 is 52.0 Å².